The fourth-order valence-corrected chi connectivity index (χ4v) is 6.95. The fraction of sp³-hybridized carbons (Fsp3) is 0.667. The van der Waals surface area contributed by atoms with E-state index in [0.29, 0.717) is 23.5 Å². The highest BCUT2D eigenvalue weighted by molar-refractivity contribution is 5.89. The van der Waals surface area contributed by atoms with Crippen LogP contribution in [0, 0.1) is 23.2 Å². The average Bonchev–Trinajstić information content (AvgIpc) is 3.12. The molecule has 4 bridgehead atoms. The first-order chi connectivity index (χ1) is 14.5. The molecule has 6 nitrogen and oxygen atoms in total. The Bertz CT molecular complexity index is 801. The van der Waals surface area contributed by atoms with Crippen molar-refractivity contribution in [2.24, 2.45) is 23.2 Å². The zero-order valence-electron chi connectivity index (χ0n) is 17.6. The summed E-state index contributed by atoms with van der Waals surface area (Å²) in [7, 11) is 1.60. The van der Waals surface area contributed by atoms with Crippen molar-refractivity contribution < 1.29 is 24.2 Å². The van der Waals surface area contributed by atoms with Gasteiger partial charge in [-0.15, -0.1) is 0 Å². The molecule has 1 aromatic rings. The highest BCUT2D eigenvalue weighted by Gasteiger charge is 2.57. The summed E-state index contributed by atoms with van der Waals surface area (Å²) >= 11 is 0. The van der Waals surface area contributed by atoms with E-state index in [2.05, 4.69) is 0 Å². The number of ether oxygens (including phenoxy) is 2. The molecule has 1 aliphatic heterocycles. The highest BCUT2D eigenvalue weighted by Crippen LogP contribution is 2.60. The van der Waals surface area contributed by atoms with Gasteiger partial charge in [-0.2, -0.15) is 0 Å². The number of likely N-dealkylation sites (tertiary alicyclic amines) is 1. The third-order valence-corrected chi connectivity index (χ3v) is 7.82. The summed E-state index contributed by atoms with van der Waals surface area (Å²) in [6.45, 7) is 0.363. The molecule has 1 unspecified atom stereocenters. The molecule has 5 aliphatic rings. The molecule has 0 spiro atoms. The normalized spacial score (nSPS) is 36.7. The predicted octanol–water partition coefficient (Wildman–Crippen LogP) is 2.92. The Hall–Kier alpha value is -2.08. The van der Waals surface area contributed by atoms with Crippen LogP contribution >= 0.6 is 0 Å². The van der Waals surface area contributed by atoms with Gasteiger partial charge in [0.15, 0.2) is 0 Å². The highest BCUT2D eigenvalue weighted by atomic mass is 16.5. The van der Waals surface area contributed by atoms with E-state index in [-0.39, 0.29) is 30.9 Å². The summed E-state index contributed by atoms with van der Waals surface area (Å²) in [6.07, 6.45) is 6.25. The first kappa shape index (κ1) is 19.9. The Morgan fingerprint density at radius 2 is 1.77 bits per heavy atom. The number of carbonyl (C=O) groups is 2. The van der Waals surface area contributed by atoms with Gasteiger partial charge in [0.2, 0.25) is 5.91 Å². The molecule has 1 amide bonds. The molecule has 1 heterocycles. The number of rotatable bonds is 5. The van der Waals surface area contributed by atoms with E-state index in [0.717, 1.165) is 24.8 Å². The van der Waals surface area contributed by atoms with Gasteiger partial charge in [-0.3, -0.25) is 4.79 Å². The molecule has 1 N–H and O–H groups in total. The number of aliphatic hydroxyl groups is 1. The minimum atomic E-state index is -0.689. The van der Waals surface area contributed by atoms with Gasteiger partial charge in [-0.25, -0.2) is 4.79 Å². The average molecular weight is 414 g/mol. The lowest BCUT2D eigenvalue weighted by atomic mass is 9.49. The van der Waals surface area contributed by atoms with Crippen LogP contribution in [0.1, 0.15) is 50.5 Å². The molecule has 1 saturated heterocycles. The van der Waals surface area contributed by atoms with Crippen molar-refractivity contribution in [2.45, 2.75) is 63.7 Å². The summed E-state index contributed by atoms with van der Waals surface area (Å²) in [5.74, 6) is 2.34. The zero-order valence-corrected chi connectivity index (χ0v) is 17.6. The Morgan fingerprint density at radius 3 is 2.40 bits per heavy atom. The van der Waals surface area contributed by atoms with Crippen molar-refractivity contribution in [3.05, 3.63) is 29.8 Å². The van der Waals surface area contributed by atoms with Gasteiger partial charge in [0.25, 0.3) is 0 Å². The van der Waals surface area contributed by atoms with Crippen molar-refractivity contribution in [1.29, 1.82) is 0 Å². The number of esters is 1. The van der Waals surface area contributed by atoms with Crippen molar-refractivity contribution in [2.75, 3.05) is 13.7 Å². The Balaban J connectivity index is 1.29. The number of β-amino-alcohol motifs (C(OH)–C–C–N with tert-alkyl or cyclic N) is 1. The predicted molar refractivity (Wildman–Crippen MR) is 110 cm³/mol. The van der Waals surface area contributed by atoms with E-state index < -0.39 is 18.1 Å². The molecule has 0 radical (unpaired) electrons. The van der Waals surface area contributed by atoms with Gasteiger partial charge in [0.1, 0.15) is 18.4 Å². The monoisotopic (exact) mass is 413 g/mol. The van der Waals surface area contributed by atoms with E-state index in [4.69, 9.17) is 9.47 Å². The van der Waals surface area contributed by atoms with Gasteiger partial charge in [-0.1, -0.05) is 12.1 Å². The van der Waals surface area contributed by atoms with Gasteiger partial charge < -0.3 is 19.5 Å². The van der Waals surface area contributed by atoms with E-state index in [9.17, 15) is 14.7 Å². The molecule has 1 aromatic carbocycles. The van der Waals surface area contributed by atoms with Crippen LogP contribution in [-0.2, 0) is 20.9 Å². The van der Waals surface area contributed by atoms with Crippen LogP contribution in [0.25, 0.3) is 0 Å². The van der Waals surface area contributed by atoms with Crippen LogP contribution in [0.4, 0.5) is 0 Å². The van der Waals surface area contributed by atoms with Crippen molar-refractivity contribution in [3.8, 4) is 5.75 Å². The lowest BCUT2D eigenvalue weighted by molar-refractivity contribution is -0.166. The van der Waals surface area contributed by atoms with Crippen molar-refractivity contribution in [1.82, 2.24) is 4.90 Å². The third-order valence-electron chi connectivity index (χ3n) is 7.82. The maximum absolute atomic E-state index is 13.7. The number of methoxy groups -OCH3 is 1. The number of carbonyl (C=O) groups excluding carboxylic acids is 2. The number of hydrogen-bond donors (Lipinski definition) is 1. The lowest BCUT2D eigenvalue weighted by Crippen LogP contribution is -2.56. The third kappa shape index (κ3) is 3.49. The molecule has 6 heteroatoms. The first-order valence-electron chi connectivity index (χ1n) is 11.2. The summed E-state index contributed by atoms with van der Waals surface area (Å²) in [6, 6.07) is 6.70. The van der Waals surface area contributed by atoms with Crippen molar-refractivity contribution in [3.63, 3.8) is 0 Å². The minimum Gasteiger partial charge on any atom is -0.497 e. The van der Waals surface area contributed by atoms with Crippen LogP contribution < -0.4 is 4.74 Å². The molecule has 4 aliphatic carbocycles. The summed E-state index contributed by atoms with van der Waals surface area (Å²) in [4.78, 5) is 28.3. The van der Waals surface area contributed by atoms with E-state index in [1.54, 1.807) is 12.0 Å². The number of hydrogen-bond acceptors (Lipinski definition) is 5. The summed E-state index contributed by atoms with van der Waals surface area (Å²) < 4.78 is 10.8. The maximum Gasteiger partial charge on any atom is 0.329 e. The van der Waals surface area contributed by atoms with E-state index >= 15 is 0 Å². The Kier molecular flexibility index (Phi) is 5.00. The van der Waals surface area contributed by atoms with Crippen molar-refractivity contribution >= 4 is 11.9 Å². The topological polar surface area (TPSA) is 76.1 Å². The van der Waals surface area contributed by atoms with Gasteiger partial charge in [-0.05, 0) is 74.0 Å². The molecule has 5 fully saturated rings. The standard InChI is InChI=1S/C24H31NO5/c1-29-20-4-2-3-15(8-20)14-30-22(27)21-9-19(26)13-25(21)23(28)24-10-16-5-17(11-24)7-18(6-16)12-24/h2-4,8,16-19,21,26H,5-7,9-14H2,1H3/t16?,17?,18?,19?,21-,24?/m0/s1. The van der Waals surface area contributed by atoms with Crippen LogP contribution in [-0.4, -0.2) is 47.7 Å². The SMILES string of the molecule is COc1cccc(COC(=O)[C@@H]2CC(O)CN2C(=O)C23CC4CC(CC(C4)C2)C3)c1. The van der Waals surface area contributed by atoms with Crippen LogP contribution in [0.3, 0.4) is 0 Å². The largest absolute Gasteiger partial charge is 0.497 e. The summed E-state index contributed by atoms with van der Waals surface area (Å²) in [5, 5.41) is 10.3. The van der Waals surface area contributed by atoms with Gasteiger partial charge in [0, 0.05) is 13.0 Å². The maximum atomic E-state index is 13.7. The minimum absolute atomic E-state index is 0.0847. The van der Waals surface area contributed by atoms with Crippen LogP contribution in [0.5, 0.6) is 5.75 Å². The second-order valence-electron chi connectivity index (χ2n) is 10.0. The smallest absolute Gasteiger partial charge is 0.329 e. The molecular weight excluding hydrogens is 382 g/mol. The quantitative estimate of drug-likeness (QED) is 0.751. The second kappa shape index (κ2) is 7.56. The molecule has 2 atom stereocenters. The second-order valence-corrected chi connectivity index (χ2v) is 10.0. The van der Waals surface area contributed by atoms with Crippen LogP contribution in [0.15, 0.2) is 24.3 Å². The molecule has 30 heavy (non-hydrogen) atoms. The number of benzene rings is 1. The Labute approximate surface area is 177 Å². The number of aliphatic hydroxyl groups excluding tert-OH is 1. The van der Waals surface area contributed by atoms with E-state index in [1.807, 2.05) is 24.3 Å². The molecular formula is C24H31NO5. The fourth-order valence-electron chi connectivity index (χ4n) is 6.95. The number of amides is 1. The van der Waals surface area contributed by atoms with Gasteiger partial charge >= 0.3 is 5.97 Å². The number of nitrogens with zero attached hydrogens (tertiary/aromatic N) is 1. The lowest BCUT2D eigenvalue weighted by Gasteiger charge is -2.56. The summed E-state index contributed by atoms with van der Waals surface area (Å²) in [5.41, 5.74) is 0.518. The zero-order chi connectivity index (χ0) is 20.9. The van der Waals surface area contributed by atoms with Gasteiger partial charge in [0.05, 0.1) is 18.6 Å². The Morgan fingerprint density at radius 1 is 1.10 bits per heavy atom. The molecule has 4 saturated carbocycles. The molecule has 6 rings (SSSR count). The molecule has 0 aromatic heterocycles. The van der Waals surface area contributed by atoms with E-state index in [1.165, 1.54) is 19.3 Å². The van der Waals surface area contributed by atoms with Crippen LogP contribution in [0.2, 0.25) is 0 Å². The molecule has 162 valence electrons. The first-order valence-corrected chi connectivity index (χ1v) is 11.2.